The summed E-state index contributed by atoms with van der Waals surface area (Å²) in [4.78, 5) is 3.90. The molecule has 0 aliphatic rings. The summed E-state index contributed by atoms with van der Waals surface area (Å²) in [6.45, 7) is 5.39. The van der Waals surface area contributed by atoms with Gasteiger partial charge in [0.2, 0.25) is 5.82 Å². The van der Waals surface area contributed by atoms with Crippen LogP contribution in [0.2, 0.25) is 0 Å². The van der Waals surface area contributed by atoms with E-state index in [0.29, 0.717) is 11.1 Å². The lowest BCUT2D eigenvalue weighted by Crippen LogP contribution is -2.13. The number of benzene rings is 1. The molecule has 0 atom stereocenters. The molecule has 0 amide bonds. The van der Waals surface area contributed by atoms with Crippen molar-refractivity contribution in [3.05, 3.63) is 34.1 Å². The summed E-state index contributed by atoms with van der Waals surface area (Å²) in [5, 5.41) is 3.91. The number of rotatable bonds is 2. The summed E-state index contributed by atoms with van der Waals surface area (Å²) in [7, 11) is 1.22. The minimum atomic E-state index is -4.55. The highest BCUT2D eigenvalue weighted by Gasteiger charge is 2.37. The van der Waals surface area contributed by atoms with Gasteiger partial charge in [-0.3, -0.25) is 0 Å². The maximum Gasteiger partial charge on any atom is 0.451 e. The Bertz CT molecular complexity index is 762. The van der Waals surface area contributed by atoms with Crippen molar-refractivity contribution >= 4 is 17.2 Å². The van der Waals surface area contributed by atoms with Crippen LogP contribution in [0.25, 0.3) is 11.4 Å². The molecule has 2 N–H and O–H groups in total. The van der Waals surface area contributed by atoms with Crippen LogP contribution in [0.3, 0.4) is 0 Å². The summed E-state index contributed by atoms with van der Waals surface area (Å²) >= 11 is 5.00. The number of halogens is 3. The van der Waals surface area contributed by atoms with Crippen LogP contribution >= 0.6 is 12.2 Å². The van der Waals surface area contributed by atoms with Crippen molar-refractivity contribution in [3.8, 4) is 11.4 Å². The molecular formula is C14H15F3N4S. The Hall–Kier alpha value is -1.96. The van der Waals surface area contributed by atoms with Gasteiger partial charge in [-0.25, -0.2) is 9.67 Å². The summed E-state index contributed by atoms with van der Waals surface area (Å²) in [6, 6.07) is 1.75. The lowest BCUT2D eigenvalue weighted by atomic mass is 9.93. The smallest absolute Gasteiger partial charge is 0.389 e. The first-order chi connectivity index (χ1) is 10.0. The van der Waals surface area contributed by atoms with Crippen molar-refractivity contribution in [3.63, 3.8) is 0 Å². The second-order valence-electron chi connectivity index (χ2n) is 5.11. The Balaban J connectivity index is 2.69. The zero-order chi connectivity index (χ0) is 16.8. The summed E-state index contributed by atoms with van der Waals surface area (Å²) in [5.41, 5.74) is 9.26. The van der Waals surface area contributed by atoms with Crippen LogP contribution < -0.4 is 5.73 Å². The van der Waals surface area contributed by atoms with Gasteiger partial charge >= 0.3 is 6.18 Å². The van der Waals surface area contributed by atoms with E-state index in [1.165, 1.54) is 7.05 Å². The van der Waals surface area contributed by atoms with E-state index in [1.54, 1.807) is 19.9 Å². The van der Waals surface area contributed by atoms with Gasteiger partial charge in [0, 0.05) is 18.2 Å². The molecule has 0 saturated heterocycles. The van der Waals surface area contributed by atoms with Gasteiger partial charge in [0.1, 0.15) is 4.99 Å². The standard InChI is InChI=1S/C14H15F3N4S/c1-6-5-9(11(18)22)7(2)8(3)10(6)12-19-13(14(15,16)17)21(4)20-12/h5H,1-4H3,(H2,18,22). The zero-order valence-corrected chi connectivity index (χ0v) is 13.4. The summed E-state index contributed by atoms with van der Waals surface area (Å²) in [5.74, 6) is -0.986. The highest BCUT2D eigenvalue weighted by Crippen LogP contribution is 2.33. The Morgan fingerprint density at radius 2 is 1.82 bits per heavy atom. The molecule has 1 heterocycles. The van der Waals surface area contributed by atoms with Gasteiger partial charge in [0.25, 0.3) is 0 Å². The van der Waals surface area contributed by atoms with E-state index in [0.717, 1.165) is 21.4 Å². The second kappa shape index (κ2) is 5.35. The number of aromatic nitrogens is 3. The molecule has 4 nitrogen and oxygen atoms in total. The number of nitrogens with two attached hydrogens (primary N) is 1. The normalized spacial score (nSPS) is 11.8. The van der Waals surface area contributed by atoms with E-state index in [1.807, 2.05) is 6.92 Å². The van der Waals surface area contributed by atoms with Crippen molar-refractivity contribution in [1.29, 1.82) is 0 Å². The van der Waals surface area contributed by atoms with E-state index >= 15 is 0 Å². The van der Waals surface area contributed by atoms with Crippen LogP contribution in [0.4, 0.5) is 13.2 Å². The van der Waals surface area contributed by atoms with Crippen LogP contribution in [-0.2, 0) is 13.2 Å². The van der Waals surface area contributed by atoms with Gasteiger partial charge in [-0.15, -0.1) is 0 Å². The number of thiocarbonyl (C=S) groups is 1. The van der Waals surface area contributed by atoms with E-state index in [4.69, 9.17) is 18.0 Å². The van der Waals surface area contributed by atoms with Gasteiger partial charge < -0.3 is 5.73 Å². The van der Waals surface area contributed by atoms with Crippen molar-refractivity contribution in [2.75, 3.05) is 0 Å². The van der Waals surface area contributed by atoms with Gasteiger partial charge in [-0.2, -0.15) is 18.3 Å². The molecule has 0 fully saturated rings. The number of hydrogen-bond acceptors (Lipinski definition) is 3. The number of hydrogen-bond donors (Lipinski definition) is 1. The lowest BCUT2D eigenvalue weighted by Gasteiger charge is -2.14. The SMILES string of the molecule is Cc1cc(C(N)=S)c(C)c(C)c1-c1nc(C(F)(F)F)n(C)n1. The fraction of sp³-hybridized carbons (Fsp3) is 0.357. The zero-order valence-electron chi connectivity index (χ0n) is 12.5. The molecule has 118 valence electrons. The molecule has 0 spiro atoms. The van der Waals surface area contributed by atoms with Gasteiger partial charge in [-0.05, 0) is 43.5 Å². The summed E-state index contributed by atoms with van der Waals surface area (Å²) in [6.07, 6.45) is -4.55. The minimum Gasteiger partial charge on any atom is -0.389 e. The number of nitrogens with zero attached hydrogens (tertiary/aromatic N) is 3. The maximum absolute atomic E-state index is 12.9. The first-order valence-electron chi connectivity index (χ1n) is 6.43. The predicted molar refractivity (Wildman–Crippen MR) is 81.5 cm³/mol. The third-order valence-electron chi connectivity index (χ3n) is 3.60. The van der Waals surface area contributed by atoms with E-state index < -0.39 is 12.0 Å². The Labute approximate surface area is 131 Å². The summed E-state index contributed by atoms with van der Waals surface area (Å²) < 4.78 is 39.4. The fourth-order valence-corrected chi connectivity index (χ4v) is 2.63. The molecular weight excluding hydrogens is 313 g/mol. The average Bonchev–Trinajstić information content (AvgIpc) is 2.75. The van der Waals surface area contributed by atoms with Crippen molar-refractivity contribution in [2.45, 2.75) is 26.9 Å². The van der Waals surface area contributed by atoms with Crippen molar-refractivity contribution in [1.82, 2.24) is 14.8 Å². The third-order valence-corrected chi connectivity index (χ3v) is 3.82. The molecule has 0 bridgehead atoms. The largest absolute Gasteiger partial charge is 0.451 e. The Kier molecular flexibility index (Phi) is 3.99. The van der Waals surface area contributed by atoms with Gasteiger partial charge in [0.05, 0.1) is 0 Å². The first kappa shape index (κ1) is 16.4. The molecule has 0 aliphatic heterocycles. The topological polar surface area (TPSA) is 56.7 Å². The molecule has 1 aromatic carbocycles. The third kappa shape index (κ3) is 2.70. The van der Waals surface area contributed by atoms with Crippen molar-refractivity contribution < 1.29 is 13.2 Å². The highest BCUT2D eigenvalue weighted by molar-refractivity contribution is 7.80. The highest BCUT2D eigenvalue weighted by atomic mass is 32.1. The quantitative estimate of drug-likeness (QED) is 0.861. The van der Waals surface area contributed by atoms with Gasteiger partial charge in [-0.1, -0.05) is 12.2 Å². The number of aryl methyl sites for hydroxylation is 2. The Morgan fingerprint density at radius 3 is 2.27 bits per heavy atom. The monoisotopic (exact) mass is 328 g/mol. The molecule has 22 heavy (non-hydrogen) atoms. The van der Waals surface area contributed by atoms with E-state index in [9.17, 15) is 13.2 Å². The van der Waals surface area contributed by atoms with Crippen LogP contribution in [-0.4, -0.2) is 19.8 Å². The van der Waals surface area contributed by atoms with Crippen LogP contribution in [0.1, 0.15) is 28.1 Å². The molecule has 0 saturated carbocycles. The molecule has 0 unspecified atom stereocenters. The van der Waals surface area contributed by atoms with Crippen LogP contribution in [0, 0.1) is 20.8 Å². The molecule has 0 radical (unpaired) electrons. The average molecular weight is 328 g/mol. The molecule has 2 rings (SSSR count). The molecule has 1 aromatic heterocycles. The minimum absolute atomic E-state index is 0.0439. The lowest BCUT2D eigenvalue weighted by molar-refractivity contribution is -0.147. The maximum atomic E-state index is 12.9. The first-order valence-corrected chi connectivity index (χ1v) is 6.84. The van der Waals surface area contributed by atoms with E-state index in [-0.39, 0.29) is 10.8 Å². The molecule has 2 aromatic rings. The van der Waals surface area contributed by atoms with Crippen molar-refractivity contribution in [2.24, 2.45) is 12.8 Å². The molecule has 8 heteroatoms. The number of alkyl halides is 3. The molecule has 0 aliphatic carbocycles. The second-order valence-corrected chi connectivity index (χ2v) is 5.55. The van der Waals surface area contributed by atoms with Crippen LogP contribution in [0.15, 0.2) is 6.07 Å². The van der Waals surface area contributed by atoms with Crippen LogP contribution in [0.5, 0.6) is 0 Å². The Morgan fingerprint density at radius 1 is 1.23 bits per heavy atom. The van der Waals surface area contributed by atoms with E-state index in [2.05, 4.69) is 10.1 Å². The fourth-order valence-electron chi connectivity index (χ4n) is 2.42. The van der Waals surface area contributed by atoms with Gasteiger partial charge in [0.15, 0.2) is 5.82 Å². The predicted octanol–water partition coefficient (Wildman–Crippen LogP) is 3.06.